The highest BCUT2D eigenvalue weighted by Crippen LogP contribution is 2.42. The van der Waals surface area contributed by atoms with Crippen molar-refractivity contribution in [1.82, 2.24) is 0 Å². The number of halogens is 2. The van der Waals surface area contributed by atoms with Crippen molar-refractivity contribution >= 4 is 39.1 Å². The van der Waals surface area contributed by atoms with Crippen LogP contribution in [0.25, 0.3) is 0 Å². The second kappa shape index (κ2) is 6.09. The smallest absolute Gasteiger partial charge is 0.184 e. The Labute approximate surface area is 152 Å². The third-order valence-electron chi connectivity index (χ3n) is 4.88. The van der Waals surface area contributed by atoms with Gasteiger partial charge >= 0.3 is 0 Å². The van der Waals surface area contributed by atoms with Gasteiger partial charge in [-0.1, -0.05) is 11.6 Å². The number of rotatable bonds is 2. The van der Waals surface area contributed by atoms with E-state index in [0.29, 0.717) is 47.7 Å². The summed E-state index contributed by atoms with van der Waals surface area (Å²) < 4.78 is 17.9. The summed E-state index contributed by atoms with van der Waals surface area (Å²) in [6.45, 7) is 1.01. The molecule has 0 amide bonds. The first-order valence-electron chi connectivity index (χ1n) is 7.96. The summed E-state index contributed by atoms with van der Waals surface area (Å²) in [4.78, 5) is 25.2. The molecule has 5 nitrogen and oxygen atoms in total. The van der Waals surface area contributed by atoms with Gasteiger partial charge in [0, 0.05) is 36.3 Å². The van der Waals surface area contributed by atoms with Crippen LogP contribution < -0.4 is 4.74 Å². The highest BCUT2D eigenvalue weighted by atomic mass is 79.9. The standard InChI is InChI=1S/C17H16BrClO5/c18-12-7-10(19)5-9-6-14(24-16(9)12)15(21)11-8-17(2-1-13(11)20)22-3-4-23-17/h5,7,11,14H,1-4,6,8H2. The largest absolute Gasteiger partial charge is 0.481 e. The summed E-state index contributed by atoms with van der Waals surface area (Å²) in [7, 11) is 0. The fraction of sp³-hybridized carbons (Fsp3) is 0.529. The van der Waals surface area contributed by atoms with Gasteiger partial charge in [0.25, 0.3) is 0 Å². The molecule has 128 valence electrons. The lowest BCUT2D eigenvalue weighted by Gasteiger charge is -2.35. The van der Waals surface area contributed by atoms with Gasteiger partial charge in [-0.25, -0.2) is 0 Å². The van der Waals surface area contributed by atoms with Crippen molar-refractivity contribution in [2.75, 3.05) is 13.2 Å². The van der Waals surface area contributed by atoms with Gasteiger partial charge in [-0.2, -0.15) is 0 Å². The number of carbonyl (C=O) groups is 2. The molecule has 1 spiro atoms. The van der Waals surface area contributed by atoms with E-state index in [0.717, 1.165) is 5.56 Å². The Morgan fingerprint density at radius 1 is 1.29 bits per heavy atom. The van der Waals surface area contributed by atoms with Crippen LogP contribution in [0.5, 0.6) is 5.75 Å². The lowest BCUT2D eigenvalue weighted by atomic mass is 9.79. The highest BCUT2D eigenvalue weighted by molar-refractivity contribution is 9.10. The topological polar surface area (TPSA) is 61.8 Å². The lowest BCUT2D eigenvalue weighted by molar-refractivity contribution is -0.191. The maximum Gasteiger partial charge on any atom is 0.184 e. The van der Waals surface area contributed by atoms with E-state index in [4.69, 9.17) is 25.8 Å². The minimum atomic E-state index is -0.774. The molecule has 0 bridgehead atoms. The molecule has 1 aliphatic carbocycles. The van der Waals surface area contributed by atoms with E-state index >= 15 is 0 Å². The first kappa shape index (κ1) is 16.5. The second-order valence-electron chi connectivity index (χ2n) is 6.42. The summed E-state index contributed by atoms with van der Waals surface area (Å²) >= 11 is 9.46. The van der Waals surface area contributed by atoms with E-state index in [2.05, 4.69) is 15.9 Å². The van der Waals surface area contributed by atoms with E-state index < -0.39 is 17.8 Å². The Kier molecular flexibility index (Phi) is 4.19. The number of Topliss-reactive ketones (excluding diaryl/α,β-unsaturated/α-hetero) is 2. The Morgan fingerprint density at radius 3 is 2.79 bits per heavy atom. The van der Waals surface area contributed by atoms with Crippen molar-refractivity contribution in [3.63, 3.8) is 0 Å². The van der Waals surface area contributed by atoms with Crippen molar-refractivity contribution in [2.24, 2.45) is 5.92 Å². The van der Waals surface area contributed by atoms with E-state index in [9.17, 15) is 9.59 Å². The van der Waals surface area contributed by atoms with E-state index in [1.807, 2.05) is 0 Å². The van der Waals surface area contributed by atoms with Gasteiger partial charge in [0.2, 0.25) is 0 Å². The van der Waals surface area contributed by atoms with Gasteiger partial charge < -0.3 is 14.2 Å². The summed E-state index contributed by atoms with van der Waals surface area (Å²) in [6.07, 6.45) is 0.850. The number of hydrogen-bond acceptors (Lipinski definition) is 5. The molecule has 1 aromatic rings. The van der Waals surface area contributed by atoms with Crippen LogP contribution in [0.15, 0.2) is 16.6 Å². The third-order valence-corrected chi connectivity index (χ3v) is 5.69. The quantitative estimate of drug-likeness (QED) is 0.695. The molecule has 2 unspecified atom stereocenters. The van der Waals surface area contributed by atoms with Crippen LogP contribution in [0.2, 0.25) is 5.02 Å². The molecule has 4 rings (SSSR count). The van der Waals surface area contributed by atoms with Crippen molar-refractivity contribution < 1.29 is 23.8 Å². The van der Waals surface area contributed by atoms with Crippen molar-refractivity contribution in [3.8, 4) is 5.75 Å². The summed E-state index contributed by atoms with van der Waals surface area (Å²) in [5.41, 5.74) is 0.874. The van der Waals surface area contributed by atoms with Gasteiger partial charge in [0.1, 0.15) is 11.5 Å². The zero-order valence-corrected chi connectivity index (χ0v) is 15.2. The van der Waals surface area contributed by atoms with Gasteiger partial charge in [-0.15, -0.1) is 0 Å². The van der Waals surface area contributed by atoms with E-state index in [1.165, 1.54) is 0 Å². The summed E-state index contributed by atoms with van der Waals surface area (Å²) in [5.74, 6) is -1.13. The molecule has 1 saturated heterocycles. The SMILES string of the molecule is O=C1CCC2(CC1C(=O)C1Cc3cc(Cl)cc(Br)c3O1)OCCO2. The van der Waals surface area contributed by atoms with Crippen LogP contribution in [0.1, 0.15) is 24.8 Å². The molecule has 7 heteroatoms. The third kappa shape index (κ3) is 2.79. The number of carbonyl (C=O) groups excluding carboxylic acids is 2. The maximum absolute atomic E-state index is 12.9. The Morgan fingerprint density at radius 2 is 2.04 bits per heavy atom. The minimum absolute atomic E-state index is 0.0543. The molecule has 0 N–H and O–H groups in total. The van der Waals surface area contributed by atoms with Crippen LogP contribution in [0.4, 0.5) is 0 Å². The molecule has 2 fully saturated rings. The molecule has 0 radical (unpaired) electrons. The van der Waals surface area contributed by atoms with Crippen LogP contribution in [-0.4, -0.2) is 36.7 Å². The first-order valence-corrected chi connectivity index (χ1v) is 9.13. The average molecular weight is 416 g/mol. The Hall–Kier alpha value is -0.950. The van der Waals surface area contributed by atoms with Gasteiger partial charge in [-0.05, 0) is 28.1 Å². The molecular weight excluding hydrogens is 400 g/mol. The zero-order chi connectivity index (χ0) is 16.9. The first-order chi connectivity index (χ1) is 11.5. The molecule has 2 heterocycles. The monoisotopic (exact) mass is 414 g/mol. The Balaban J connectivity index is 1.54. The average Bonchev–Trinajstić information content (AvgIpc) is 3.16. The number of ketones is 2. The number of benzene rings is 1. The Bertz CT molecular complexity index is 713. The normalized spacial score (nSPS) is 28.0. The number of hydrogen-bond donors (Lipinski definition) is 0. The molecule has 3 aliphatic rings. The highest BCUT2D eigenvalue weighted by Gasteiger charge is 2.49. The predicted molar refractivity (Wildman–Crippen MR) is 89.3 cm³/mol. The fourth-order valence-electron chi connectivity index (χ4n) is 3.70. The van der Waals surface area contributed by atoms with Gasteiger partial charge in [-0.3, -0.25) is 9.59 Å². The summed E-state index contributed by atoms with van der Waals surface area (Å²) in [6, 6.07) is 3.52. The number of ether oxygens (including phenoxy) is 3. The van der Waals surface area contributed by atoms with Crippen molar-refractivity contribution in [2.45, 2.75) is 37.6 Å². The molecular formula is C17H16BrClO5. The predicted octanol–water partition coefficient (Wildman–Crippen LogP) is 3.09. The molecule has 2 atom stereocenters. The van der Waals surface area contributed by atoms with Crippen molar-refractivity contribution in [3.05, 3.63) is 27.2 Å². The lowest BCUT2D eigenvalue weighted by Crippen LogP contribution is -2.46. The van der Waals surface area contributed by atoms with Crippen LogP contribution in [0.3, 0.4) is 0 Å². The second-order valence-corrected chi connectivity index (χ2v) is 7.71. The molecule has 1 saturated carbocycles. The van der Waals surface area contributed by atoms with Crippen LogP contribution in [-0.2, 0) is 25.5 Å². The van der Waals surface area contributed by atoms with Gasteiger partial charge in [0.05, 0.1) is 23.6 Å². The van der Waals surface area contributed by atoms with Gasteiger partial charge in [0.15, 0.2) is 17.7 Å². The molecule has 2 aliphatic heterocycles. The molecule has 24 heavy (non-hydrogen) atoms. The van der Waals surface area contributed by atoms with E-state index in [-0.39, 0.29) is 18.0 Å². The van der Waals surface area contributed by atoms with Crippen molar-refractivity contribution in [1.29, 1.82) is 0 Å². The van der Waals surface area contributed by atoms with Crippen LogP contribution >= 0.6 is 27.5 Å². The van der Waals surface area contributed by atoms with Crippen LogP contribution in [0, 0.1) is 5.92 Å². The zero-order valence-electron chi connectivity index (χ0n) is 12.8. The minimum Gasteiger partial charge on any atom is -0.481 e. The molecule has 1 aromatic carbocycles. The fourth-order valence-corrected chi connectivity index (χ4v) is 4.66. The summed E-state index contributed by atoms with van der Waals surface area (Å²) in [5, 5.41) is 0.581. The van der Waals surface area contributed by atoms with E-state index in [1.54, 1.807) is 12.1 Å². The molecule has 0 aromatic heterocycles. The maximum atomic E-state index is 12.9. The number of fused-ring (bicyclic) bond motifs is 1.